The van der Waals surface area contributed by atoms with E-state index in [0.717, 1.165) is 31.0 Å². The van der Waals surface area contributed by atoms with Crippen molar-refractivity contribution in [2.24, 2.45) is 5.92 Å². The van der Waals surface area contributed by atoms with E-state index in [1.54, 1.807) is 19.9 Å². The number of esters is 1. The highest BCUT2D eigenvalue weighted by Crippen LogP contribution is 2.23. The largest absolute Gasteiger partial charge is 0.452 e. The van der Waals surface area contributed by atoms with Gasteiger partial charge in [-0.15, -0.1) is 11.8 Å². The molecule has 1 aromatic heterocycles. The Morgan fingerprint density at radius 2 is 2.07 bits per heavy atom. The number of ether oxygens (including phenoxy) is 1. The smallest absolute Gasteiger partial charge is 0.316 e. The Hall–Kier alpha value is -2.03. The fraction of sp³-hybridized carbons (Fsp3) is 0.667. The summed E-state index contributed by atoms with van der Waals surface area (Å²) in [4.78, 5) is 35.8. The first-order valence-corrected chi connectivity index (χ1v) is 10.3. The van der Waals surface area contributed by atoms with E-state index in [-0.39, 0.29) is 29.4 Å². The SMILES string of the molecule is Cc1cc(NC(=O)CSCC(=O)O[C@@H](C)C(=O)N[C@@H]2CCCC[C@@H]2C)no1. The maximum absolute atomic E-state index is 12.2. The van der Waals surface area contributed by atoms with Crippen molar-refractivity contribution in [2.75, 3.05) is 16.8 Å². The molecule has 8 nitrogen and oxygen atoms in total. The van der Waals surface area contributed by atoms with Gasteiger partial charge >= 0.3 is 5.97 Å². The quantitative estimate of drug-likeness (QED) is 0.647. The van der Waals surface area contributed by atoms with Gasteiger partial charge in [-0.05, 0) is 32.6 Å². The van der Waals surface area contributed by atoms with E-state index in [9.17, 15) is 14.4 Å². The van der Waals surface area contributed by atoms with Crippen molar-refractivity contribution in [3.05, 3.63) is 11.8 Å². The van der Waals surface area contributed by atoms with Crippen LogP contribution in [0.3, 0.4) is 0 Å². The first-order chi connectivity index (χ1) is 12.8. The maximum atomic E-state index is 12.2. The van der Waals surface area contributed by atoms with E-state index in [4.69, 9.17) is 9.26 Å². The molecule has 1 aliphatic rings. The summed E-state index contributed by atoms with van der Waals surface area (Å²) in [5, 5.41) is 9.20. The number of nitrogens with zero attached hydrogens (tertiary/aromatic N) is 1. The third kappa shape index (κ3) is 7.24. The van der Waals surface area contributed by atoms with Gasteiger partial charge in [0.1, 0.15) is 5.76 Å². The monoisotopic (exact) mass is 397 g/mol. The Morgan fingerprint density at radius 3 is 2.74 bits per heavy atom. The van der Waals surface area contributed by atoms with E-state index in [2.05, 4.69) is 22.7 Å². The summed E-state index contributed by atoms with van der Waals surface area (Å²) in [6, 6.07) is 1.75. The number of aryl methyl sites for hydroxylation is 1. The molecule has 2 N–H and O–H groups in total. The van der Waals surface area contributed by atoms with Gasteiger partial charge in [0.25, 0.3) is 5.91 Å². The van der Waals surface area contributed by atoms with Crippen LogP contribution in [0, 0.1) is 12.8 Å². The van der Waals surface area contributed by atoms with Crippen LogP contribution in [0.4, 0.5) is 5.82 Å². The van der Waals surface area contributed by atoms with Crippen LogP contribution in [0.15, 0.2) is 10.6 Å². The number of amides is 2. The fourth-order valence-electron chi connectivity index (χ4n) is 2.95. The molecule has 0 radical (unpaired) electrons. The average molecular weight is 397 g/mol. The van der Waals surface area contributed by atoms with Gasteiger partial charge in [0.05, 0.1) is 11.5 Å². The highest BCUT2D eigenvalue weighted by Gasteiger charge is 2.26. The summed E-state index contributed by atoms with van der Waals surface area (Å²) < 4.78 is 10.0. The van der Waals surface area contributed by atoms with E-state index >= 15 is 0 Å². The highest BCUT2D eigenvalue weighted by molar-refractivity contribution is 8.00. The minimum Gasteiger partial charge on any atom is -0.452 e. The van der Waals surface area contributed by atoms with E-state index in [0.29, 0.717) is 17.5 Å². The lowest BCUT2D eigenvalue weighted by Gasteiger charge is -2.30. The Morgan fingerprint density at radius 1 is 1.33 bits per heavy atom. The molecule has 0 unspecified atom stereocenters. The molecule has 1 aromatic rings. The van der Waals surface area contributed by atoms with Gasteiger partial charge in [0.15, 0.2) is 11.9 Å². The van der Waals surface area contributed by atoms with Crippen LogP contribution < -0.4 is 10.6 Å². The zero-order chi connectivity index (χ0) is 19.8. The lowest BCUT2D eigenvalue weighted by Crippen LogP contribution is -2.46. The molecule has 27 heavy (non-hydrogen) atoms. The van der Waals surface area contributed by atoms with E-state index in [1.807, 2.05) is 0 Å². The number of hydrogen-bond donors (Lipinski definition) is 2. The van der Waals surface area contributed by atoms with Crippen molar-refractivity contribution in [1.82, 2.24) is 10.5 Å². The third-order valence-electron chi connectivity index (χ3n) is 4.47. The molecule has 0 spiro atoms. The van der Waals surface area contributed by atoms with Crippen molar-refractivity contribution < 1.29 is 23.6 Å². The minimum atomic E-state index is -0.848. The summed E-state index contributed by atoms with van der Waals surface area (Å²) >= 11 is 1.11. The first kappa shape index (κ1) is 21.3. The Labute approximate surface area is 163 Å². The van der Waals surface area contributed by atoms with Gasteiger partial charge in [-0.3, -0.25) is 14.4 Å². The number of nitrogens with one attached hydrogen (secondary N) is 2. The molecular weight excluding hydrogens is 370 g/mol. The molecule has 1 aliphatic carbocycles. The van der Waals surface area contributed by atoms with Crippen LogP contribution in [0.5, 0.6) is 0 Å². The standard InChI is InChI=1S/C18H27N3O5S/c1-11-6-4-5-7-14(11)19-18(24)13(3)25-17(23)10-27-9-16(22)20-15-8-12(2)26-21-15/h8,11,13-14H,4-7,9-10H2,1-3H3,(H,19,24)(H,20,21,22)/t11-,13-,14+/m0/s1. The zero-order valence-corrected chi connectivity index (χ0v) is 16.8. The molecular formula is C18H27N3O5S. The van der Waals surface area contributed by atoms with Gasteiger partial charge in [-0.25, -0.2) is 0 Å². The Kier molecular flexibility index (Phi) is 8.15. The number of carbonyl (C=O) groups excluding carboxylic acids is 3. The molecule has 1 heterocycles. The summed E-state index contributed by atoms with van der Waals surface area (Å²) in [6.07, 6.45) is 3.52. The molecule has 3 atom stereocenters. The Bertz CT molecular complexity index is 663. The van der Waals surface area contributed by atoms with Gasteiger partial charge < -0.3 is 19.9 Å². The molecule has 0 aliphatic heterocycles. The van der Waals surface area contributed by atoms with Crippen LogP contribution in [-0.4, -0.2) is 46.6 Å². The predicted molar refractivity (Wildman–Crippen MR) is 102 cm³/mol. The second-order valence-corrected chi connectivity index (χ2v) is 7.86. The molecule has 0 aromatic carbocycles. The number of anilines is 1. The summed E-state index contributed by atoms with van der Waals surface area (Å²) in [6.45, 7) is 5.41. The number of aromatic nitrogens is 1. The summed E-state index contributed by atoms with van der Waals surface area (Å²) in [5.41, 5.74) is 0. The van der Waals surface area contributed by atoms with Crippen molar-refractivity contribution in [1.29, 1.82) is 0 Å². The number of rotatable bonds is 8. The average Bonchev–Trinajstić information content (AvgIpc) is 3.01. The highest BCUT2D eigenvalue weighted by atomic mass is 32.2. The normalized spacial score (nSPS) is 20.6. The van der Waals surface area contributed by atoms with Gasteiger partial charge in [0, 0.05) is 12.1 Å². The molecule has 2 amide bonds. The van der Waals surface area contributed by atoms with Crippen LogP contribution in [0.25, 0.3) is 0 Å². The van der Waals surface area contributed by atoms with Crippen molar-refractivity contribution in [3.63, 3.8) is 0 Å². The summed E-state index contributed by atoms with van der Waals surface area (Å²) in [5.74, 6) is 0.338. The predicted octanol–water partition coefficient (Wildman–Crippen LogP) is 2.28. The number of hydrogen-bond acceptors (Lipinski definition) is 7. The molecule has 0 bridgehead atoms. The van der Waals surface area contributed by atoms with E-state index < -0.39 is 12.1 Å². The number of thioether (sulfide) groups is 1. The fourth-order valence-corrected chi connectivity index (χ4v) is 3.54. The molecule has 1 fully saturated rings. The van der Waals surface area contributed by atoms with Gasteiger partial charge in [-0.1, -0.05) is 24.9 Å². The van der Waals surface area contributed by atoms with Crippen molar-refractivity contribution in [3.8, 4) is 0 Å². The first-order valence-electron chi connectivity index (χ1n) is 9.16. The topological polar surface area (TPSA) is 111 Å². The second-order valence-electron chi connectivity index (χ2n) is 6.87. The lowest BCUT2D eigenvalue weighted by atomic mass is 9.86. The third-order valence-corrected chi connectivity index (χ3v) is 5.37. The maximum Gasteiger partial charge on any atom is 0.316 e. The minimum absolute atomic E-state index is 0.0112. The molecule has 1 saturated carbocycles. The molecule has 9 heteroatoms. The molecule has 0 saturated heterocycles. The molecule has 2 rings (SSSR count). The van der Waals surface area contributed by atoms with Crippen LogP contribution in [0.1, 0.15) is 45.3 Å². The van der Waals surface area contributed by atoms with Gasteiger partial charge in [0.2, 0.25) is 5.91 Å². The second kappa shape index (κ2) is 10.3. The van der Waals surface area contributed by atoms with Crippen LogP contribution in [0.2, 0.25) is 0 Å². The van der Waals surface area contributed by atoms with Crippen molar-refractivity contribution >= 4 is 35.4 Å². The Balaban J connectivity index is 1.63. The van der Waals surface area contributed by atoms with E-state index in [1.165, 1.54) is 6.42 Å². The lowest BCUT2D eigenvalue weighted by molar-refractivity contribution is -0.152. The van der Waals surface area contributed by atoms with Crippen LogP contribution in [-0.2, 0) is 19.1 Å². The van der Waals surface area contributed by atoms with Crippen LogP contribution >= 0.6 is 11.8 Å². The number of carbonyl (C=O) groups is 3. The zero-order valence-electron chi connectivity index (χ0n) is 15.9. The molecule has 150 valence electrons. The van der Waals surface area contributed by atoms with Crippen molar-refractivity contribution in [2.45, 2.75) is 58.6 Å². The summed E-state index contributed by atoms with van der Waals surface area (Å²) in [7, 11) is 0. The van der Waals surface area contributed by atoms with Gasteiger partial charge in [-0.2, -0.15) is 0 Å².